The largest absolute Gasteiger partial charge is 0.487 e. The number of carbonyl (C=O) groups excluding carboxylic acids is 1. The van der Waals surface area contributed by atoms with E-state index in [1.165, 1.54) is 0 Å². The second kappa shape index (κ2) is 6.76. The van der Waals surface area contributed by atoms with Gasteiger partial charge in [-0.25, -0.2) is 0 Å². The molecule has 0 atom stereocenters. The predicted molar refractivity (Wildman–Crippen MR) is 77.8 cm³/mol. The molecule has 2 rings (SSSR count). The van der Waals surface area contributed by atoms with Crippen LogP contribution in [0, 0.1) is 0 Å². The average Bonchev–Trinajstić information content (AvgIpc) is 2.46. The molecular weight excluding hydrogens is 260 g/mol. The Morgan fingerprint density at radius 2 is 1.84 bits per heavy atom. The van der Waals surface area contributed by atoms with Crippen LogP contribution in [0.15, 0.2) is 54.6 Å². The molecule has 0 saturated heterocycles. The van der Waals surface area contributed by atoms with Crippen molar-refractivity contribution in [3.05, 3.63) is 70.8 Å². The Labute approximate surface area is 117 Å². The highest BCUT2D eigenvalue weighted by Crippen LogP contribution is 2.27. The number of halogens is 1. The van der Waals surface area contributed by atoms with Gasteiger partial charge in [0.1, 0.15) is 12.4 Å². The van der Waals surface area contributed by atoms with E-state index < -0.39 is 0 Å². The Balaban J connectivity index is 2.00. The molecule has 0 aliphatic heterocycles. The summed E-state index contributed by atoms with van der Waals surface area (Å²) in [7, 11) is 0. The van der Waals surface area contributed by atoms with Crippen molar-refractivity contribution in [3.63, 3.8) is 0 Å². The Morgan fingerprint density at radius 3 is 2.58 bits per heavy atom. The SMILES string of the molecule is O=Cc1cccc(Cl)c1OC/C=C/c1ccccc1. The molecule has 3 heteroatoms. The molecular formula is C16H13ClO2. The molecule has 96 valence electrons. The van der Waals surface area contributed by atoms with Crippen molar-refractivity contribution < 1.29 is 9.53 Å². The molecule has 0 N–H and O–H groups in total. The fourth-order valence-electron chi connectivity index (χ4n) is 1.65. The number of rotatable bonds is 5. The van der Waals surface area contributed by atoms with Gasteiger partial charge in [-0.3, -0.25) is 4.79 Å². The monoisotopic (exact) mass is 272 g/mol. The lowest BCUT2D eigenvalue weighted by Gasteiger charge is -2.07. The lowest BCUT2D eigenvalue weighted by Crippen LogP contribution is -1.97. The van der Waals surface area contributed by atoms with Crippen LogP contribution in [0.25, 0.3) is 6.08 Å². The first-order valence-electron chi connectivity index (χ1n) is 5.89. The van der Waals surface area contributed by atoms with E-state index in [0.29, 0.717) is 22.9 Å². The van der Waals surface area contributed by atoms with Crippen LogP contribution in [0.1, 0.15) is 15.9 Å². The van der Waals surface area contributed by atoms with Crippen LogP contribution in [-0.4, -0.2) is 12.9 Å². The van der Waals surface area contributed by atoms with E-state index in [0.717, 1.165) is 11.8 Å². The topological polar surface area (TPSA) is 26.3 Å². The molecule has 0 aromatic heterocycles. The molecule has 0 spiro atoms. The van der Waals surface area contributed by atoms with E-state index in [-0.39, 0.29) is 0 Å². The summed E-state index contributed by atoms with van der Waals surface area (Å²) < 4.78 is 5.53. The second-order valence-electron chi connectivity index (χ2n) is 3.90. The molecule has 2 aromatic carbocycles. The van der Waals surface area contributed by atoms with Crippen molar-refractivity contribution in [2.75, 3.05) is 6.61 Å². The Bertz CT molecular complexity index is 577. The maximum Gasteiger partial charge on any atom is 0.153 e. The zero-order valence-electron chi connectivity index (χ0n) is 10.3. The quantitative estimate of drug-likeness (QED) is 0.761. The van der Waals surface area contributed by atoms with Crippen molar-refractivity contribution >= 4 is 24.0 Å². The zero-order chi connectivity index (χ0) is 13.5. The predicted octanol–water partition coefficient (Wildman–Crippen LogP) is 4.24. The second-order valence-corrected chi connectivity index (χ2v) is 4.31. The number of aldehydes is 1. The van der Waals surface area contributed by atoms with Gasteiger partial charge in [-0.2, -0.15) is 0 Å². The number of para-hydroxylation sites is 1. The first-order chi connectivity index (χ1) is 9.31. The van der Waals surface area contributed by atoms with Gasteiger partial charge in [-0.05, 0) is 23.8 Å². The van der Waals surface area contributed by atoms with Crippen molar-refractivity contribution in [1.82, 2.24) is 0 Å². The summed E-state index contributed by atoms with van der Waals surface area (Å²) >= 11 is 6.00. The highest BCUT2D eigenvalue weighted by atomic mass is 35.5. The third-order valence-corrected chi connectivity index (χ3v) is 2.86. The van der Waals surface area contributed by atoms with Crippen molar-refractivity contribution in [2.45, 2.75) is 0 Å². The van der Waals surface area contributed by atoms with Crippen LogP contribution in [0.5, 0.6) is 5.75 Å². The van der Waals surface area contributed by atoms with Gasteiger partial charge >= 0.3 is 0 Å². The minimum atomic E-state index is 0.361. The van der Waals surface area contributed by atoms with Crippen LogP contribution in [0.4, 0.5) is 0 Å². The Morgan fingerprint density at radius 1 is 1.05 bits per heavy atom. The first-order valence-corrected chi connectivity index (χ1v) is 6.27. The van der Waals surface area contributed by atoms with E-state index >= 15 is 0 Å². The third kappa shape index (κ3) is 3.70. The molecule has 0 fully saturated rings. The number of ether oxygens (including phenoxy) is 1. The van der Waals surface area contributed by atoms with Gasteiger partial charge in [-0.15, -0.1) is 0 Å². The summed E-state index contributed by atoms with van der Waals surface area (Å²) in [6.07, 6.45) is 4.58. The van der Waals surface area contributed by atoms with Crippen molar-refractivity contribution in [1.29, 1.82) is 0 Å². The third-order valence-electron chi connectivity index (χ3n) is 2.56. The molecule has 2 nitrogen and oxygen atoms in total. The van der Waals surface area contributed by atoms with Gasteiger partial charge in [0.15, 0.2) is 6.29 Å². The van der Waals surface area contributed by atoms with Crippen molar-refractivity contribution in [3.8, 4) is 5.75 Å². The summed E-state index contributed by atoms with van der Waals surface area (Å²) in [5.41, 5.74) is 1.56. The van der Waals surface area contributed by atoms with Crippen LogP contribution < -0.4 is 4.74 Å². The molecule has 0 amide bonds. The molecule has 0 unspecified atom stereocenters. The molecule has 2 aromatic rings. The number of carbonyl (C=O) groups is 1. The van der Waals surface area contributed by atoms with E-state index in [9.17, 15) is 4.79 Å². The van der Waals surface area contributed by atoms with Crippen LogP contribution in [0.3, 0.4) is 0 Å². The summed E-state index contributed by atoms with van der Waals surface area (Å²) in [4.78, 5) is 10.9. The normalized spacial score (nSPS) is 10.6. The zero-order valence-corrected chi connectivity index (χ0v) is 11.0. The van der Waals surface area contributed by atoms with Gasteiger partial charge < -0.3 is 4.74 Å². The van der Waals surface area contributed by atoms with Gasteiger partial charge in [0.25, 0.3) is 0 Å². The van der Waals surface area contributed by atoms with E-state index in [1.54, 1.807) is 18.2 Å². The summed E-state index contributed by atoms with van der Waals surface area (Å²) in [5.74, 6) is 0.428. The fourth-order valence-corrected chi connectivity index (χ4v) is 1.89. The lowest BCUT2D eigenvalue weighted by molar-refractivity contribution is 0.112. The standard InChI is InChI=1S/C16H13ClO2/c17-15-10-4-9-14(12-18)16(15)19-11-5-8-13-6-2-1-3-7-13/h1-10,12H,11H2/b8-5+. The van der Waals surface area contributed by atoms with Crippen LogP contribution in [0.2, 0.25) is 5.02 Å². The maximum atomic E-state index is 10.9. The molecule has 0 bridgehead atoms. The van der Waals surface area contributed by atoms with Crippen LogP contribution >= 0.6 is 11.6 Å². The molecule has 0 heterocycles. The molecule has 0 aliphatic carbocycles. The minimum Gasteiger partial charge on any atom is -0.487 e. The Kier molecular flexibility index (Phi) is 4.76. The molecule has 0 aliphatic rings. The smallest absolute Gasteiger partial charge is 0.153 e. The van der Waals surface area contributed by atoms with Gasteiger partial charge in [0.2, 0.25) is 0 Å². The highest BCUT2D eigenvalue weighted by molar-refractivity contribution is 6.32. The number of benzene rings is 2. The molecule has 0 radical (unpaired) electrons. The van der Waals surface area contributed by atoms with Gasteiger partial charge in [0.05, 0.1) is 10.6 Å². The maximum absolute atomic E-state index is 10.9. The highest BCUT2D eigenvalue weighted by Gasteiger charge is 2.06. The molecule has 19 heavy (non-hydrogen) atoms. The minimum absolute atomic E-state index is 0.361. The van der Waals surface area contributed by atoms with E-state index in [2.05, 4.69) is 0 Å². The fraction of sp³-hybridized carbons (Fsp3) is 0.0625. The van der Waals surface area contributed by atoms with E-state index in [4.69, 9.17) is 16.3 Å². The first kappa shape index (κ1) is 13.4. The summed E-state index contributed by atoms with van der Waals surface area (Å²) in [5, 5.41) is 0.442. The number of hydrogen-bond acceptors (Lipinski definition) is 2. The van der Waals surface area contributed by atoms with Crippen LogP contribution in [-0.2, 0) is 0 Å². The summed E-state index contributed by atoms with van der Waals surface area (Å²) in [6.45, 7) is 0.361. The summed E-state index contributed by atoms with van der Waals surface area (Å²) in [6, 6.07) is 15.0. The average molecular weight is 273 g/mol. The van der Waals surface area contributed by atoms with Gasteiger partial charge in [0, 0.05) is 0 Å². The number of hydrogen-bond donors (Lipinski definition) is 0. The lowest BCUT2D eigenvalue weighted by atomic mass is 10.2. The van der Waals surface area contributed by atoms with Crippen molar-refractivity contribution in [2.24, 2.45) is 0 Å². The van der Waals surface area contributed by atoms with Gasteiger partial charge in [-0.1, -0.05) is 54.1 Å². The molecule has 0 saturated carbocycles. The van der Waals surface area contributed by atoms with E-state index in [1.807, 2.05) is 42.5 Å². The Hall–Kier alpha value is -2.06.